The molecule has 0 atom stereocenters. The van der Waals surface area contributed by atoms with Crippen LogP contribution in [0, 0.1) is 0 Å². The van der Waals surface area contributed by atoms with Crippen molar-refractivity contribution in [2.45, 2.75) is 19.5 Å². The molecule has 0 unspecified atom stereocenters. The molecule has 1 aromatic carbocycles. The van der Waals surface area contributed by atoms with Gasteiger partial charge in [0.1, 0.15) is 5.76 Å². The number of hydrogen-bond acceptors (Lipinski definition) is 3. The van der Waals surface area contributed by atoms with Crippen molar-refractivity contribution in [3.63, 3.8) is 0 Å². The molecule has 0 aromatic heterocycles. The number of allylic oxidation sites excluding steroid dienone is 1. The number of benzene rings is 1. The molecule has 0 fully saturated rings. The third-order valence-electron chi connectivity index (χ3n) is 2.42. The summed E-state index contributed by atoms with van der Waals surface area (Å²) in [6.45, 7) is 2.39. The quantitative estimate of drug-likeness (QED) is 0.828. The van der Waals surface area contributed by atoms with Crippen LogP contribution < -0.4 is 4.84 Å². The number of hydroxylamine groups is 2. The molecule has 0 amide bonds. The van der Waals surface area contributed by atoms with E-state index < -0.39 is 11.7 Å². The van der Waals surface area contributed by atoms with Crippen LogP contribution in [0.25, 0.3) is 0 Å². The first-order valence-corrected chi connectivity index (χ1v) is 5.49. The zero-order chi connectivity index (χ0) is 13.2. The fourth-order valence-corrected chi connectivity index (χ4v) is 1.47. The Kier molecular flexibility index (Phi) is 3.47. The smallest absolute Gasteiger partial charge is 0.376 e. The number of alkyl halides is 3. The Morgan fingerprint density at radius 3 is 2.44 bits per heavy atom. The molecule has 0 spiro atoms. The highest BCUT2D eigenvalue weighted by Gasteiger charge is 2.30. The maximum atomic E-state index is 12.3. The van der Waals surface area contributed by atoms with Gasteiger partial charge in [-0.15, -0.1) is 0 Å². The molecular formula is C12H12F3NO2. The van der Waals surface area contributed by atoms with Crippen molar-refractivity contribution in [3.8, 4) is 5.75 Å². The first kappa shape index (κ1) is 12.8. The summed E-state index contributed by atoms with van der Waals surface area (Å²) in [6, 6.07) is 4.46. The van der Waals surface area contributed by atoms with Crippen molar-refractivity contribution in [1.82, 2.24) is 5.23 Å². The summed E-state index contributed by atoms with van der Waals surface area (Å²) in [5.41, 5.74) is -0.704. The second-order valence-electron chi connectivity index (χ2n) is 3.74. The van der Waals surface area contributed by atoms with Crippen molar-refractivity contribution in [1.29, 1.82) is 0 Å². The molecule has 1 aliphatic heterocycles. The van der Waals surface area contributed by atoms with E-state index in [4.69, 9.17) is 9.68 Å². The molecule has 18 heavy (non-hydrogen) atoms. The lowest BCUT2D eigenvalue weighted by Crippen LogP contribution is -2.23. The van der Waals surface area contributed by atoms with Gasteiger partial charge < -0.3 is 9.68 Å². The first-order chi connectivity index (χ1) is 8.49. The van der Waals surface area contributed by atoms with Gasteiger partial charge in [0.25, 0.3) is 0 Å². The maximum absolute atomic E-state index is 12.3. The summed E-state index contributed by atoms with van der Waals surface area (Å²) in [7, 11) is 0. The maximum Gasteiger partial charge on any atom is 0.416 e. The van der Waals surface area contributed by atoms with Crippen LogP contribution in [0.3, 0.4) is 0 Å². The van der Waals surface area contributed by atoms with Gasteiger partial charge in [0.2, 0.25) is 0 Å². The van der Waals surface area contributed by atoms with E-state index in [2.05, 4.69) is 0 Å². The molecule has 98 valence electrons. The van der Waals surface area contributed by atoms with Gasteiger partial charge in [0, 0.05) is 11.6 Å². The van der Waals surface area contributed by atoms with Gasteiger partial charge in [-0.05, 0) is 30.3 Å². The van der Waals surface area contributed by atoms with E-state index in [1.807, 2.05) is 13.0 Å². The summed E-state index contributed by atoms with van der Waals surface area (Å²) in [5.74, 6) is 1.08. The Hall–Kier alpha value is -1.69. The third-order valence-corrected chi connectivity index (χ3v) is 2.42. The van der Waals surface area contributed by atoms with Crippen LogP contribution in [-0.4, -0.2) is 11.8 Å². The van der Waals surface area contributed by atoms with E-state index in [1.165, 1.54) is 17.4 Å². The monoisotopic (exact) mass is 259 g/mol. The standard InChI is InChI=1S/C12H12F3NO2/c1-2-10-7-8-16(17-10)18-11-5-3-9(4-6-11)12(13,14)15/h3-7H,2,8H2,1H3. The van der Waals surface area contributed by atoms with E-state index in [9.17, 15) is 13.2 Å². The number of nitrogens with zero attached hydrogens (tertiary/aromatic N) is 1. The summed E-state index contributed by atoms with van der Waals surface area (Å²) in [4.78, 5) is 10.5. The van der Waals surface area contributed by atoms with Crippen LogP contribution in [0.4, 0.5) is 13.2 Å². The molecule has 0 radical (unpaired) electrons. The van der Waals surface area contributed by atoms with Crippen molar-refractivity contribution >= 4 is 0 Å². The van der Waals surface area contributed by atoms with Crippen LogP contribution in [0.5, 0.6) is 5.75 Å². The van der Waals surface area contributed by atoms with Gasteiger partial charge in [0.15, 0.2) is 5.75 Å². The molecule has 0 aliphatic carbocycles. The lowest BCUT2D eigenvalue weighted by molar-refractivity contribution is -0.275. The van der Waals surface area contributed by atoms with E-state index in [0.717, 1.165) is 24.3 Å². The Labute approximate surface area is 102 Å². The molecule has 0 saturated heterocycles. The van der Waals surface area contributed by atoms with Gasteiger partial charge >= 0.3 is 6.18 Å². The number of halogens is 3. The highest BCUT2D eigenvalue weighted by atomic mass is 19.4. The average molecular weight is 259 g/mol. The molecule has 1 aliphatic rings. The van der Waals surface area contributed by atoms with Gasteiger partial charge in [-0.1, -0.05) is 6.92 Å². The lowest BCUT2D eigenvalue weighted by atomic mass is 10.2. The Bertz CT molecular complexity index is 440. The minimum Gasteiger partial charge on any atom is -0.376 e. The fourth-order valence-electron chi connectivity index (χ4n) is 1.47. The van der Waals surface area contributed by atoms with Crippen molar-refractivity contribution < 1.29 is 22.8 Å². The summed E-state index contributed by atoms with van der Waals surface area (Å²) in [5, 5.41) is 1.22. The minimum absolute atomic E-state index is 0.300. The van der Waals surface area contributed by atoms with Gasteiger partial charge in [-0.2, -0.15) is 13.2 Å². The van der Waals surface area contributed by atoms with Crippen LogP contribution >= 0.6 is 0 Å². The van der Waals surface area contributed by atoms with E-state index in [1.54, 1.807) is 0 Å². The lowest BCUT2D eigenvalue weighted by Gasteiger charge is -2.16. The Morgan fingerprint density at radius 1 is 1.28 bits per heavy atom. The SMILES string of the molecule is CCC1=CCN(Oc2ccc(C(F)(F)F)cc2)O1. The molecule has 6 heteroatoms. The molecular weight excluding hydrogens is 247 g/mol. The molecule has 0 bridgehead atoms. The van der Waals surface area contributed by atoms with Crippen molar-refractivity contribution in [2.75, 3.05) is 6.54 Å². The first-order valence-electron chi connectivity index (χ1n) is 5.49. The summed E-state index contributed by atoms with van der Waals surface area (Å²) >= 11 is 0. The van der Waals surface area contributed by atoms with Gasteiger partial charge in [0.05, 0.1) is 12.1 Å². The molecule has 2 rings (SSSR count). The summed E-state index contributed by atoms with van der Waals surface area (Å²) < 4.78 is 37.0. The highest BCUT2D eigenvalue weighted by Crippen LogP contribution is 2.30. The van der Waals surface area contributed by atoms with Gasteiger partial charge in [-0.3, -0.25) is 0 Å². The number of hydrogen-bond donors (Lipinski definition) is 0. The molecule has 0 N–H and O–H groups in total. The topological polar surface area (TPSA) is 21.7 Å². The molecule has 1 heterocycles. The Balaban J connectivity index is 1.96. The van der Waals surface area contributed by atoms with E-state index >= 15 is 0 Å². The van der Waals surface area contributed by atoms with Crippen LogP contribution in [0.15, 0.2) is 36.1 Å². The molecule has 3 nitrogen and oxygen atoms in total. The normalized spacial score (nSPS) is 16.3. The predicted molar refractivity (Wildman–Crippen MR) is 58.2 cm³/mol. The zero-order valence-corrected chi connectivity index (χ0v) is 9.70. The second-order valence-corrected chi connectivity index (χ2v) is 3.74. The predicted octanol–water partition coefficient (Wildman–Crippen LogP) is 3.54. The highest BCUT2D eigenvalue weighted by molar-refractivity contribution is 5.28. The Morgan fingerprint density at radius 2 is 1.94 bits per heavy atom. The van der Waals surface area contributed by atoms with Crippen molar-refractivity contribution in [2.24, 2.45) is 0 Å². The minimum atomic E-state index is -4.33. The van der Waals surface area contributed by atoms with Crippen LogP contribution in [0.2, 0.25) is 0 Å². The number of rotatable bonds is 3. The van der Waals surface area contributed by atoms with E-state index in [0.29, 0.717) is 12.3 Å². The average Bonchev–Trinajstić information content (AvgIpc) is 2.76. The molecule has 0 saturated carbocycles. The fraction of sp³-hybridized carbons (Fsp3) is 0.333. The summed E-state index contributed by atoms with van der Waals surface area (Å²) in [6.07, 6.45) is -1.74. The third kappa shape index (κ3) is 2.95. The molecule has 1 aromatic rings. The van der Waals surface area contributed by atoms with Crippen LogP contribution in [0.1, 0.15) is 18.9 Å². The van der Waals surface area contributed by atoms with Crippen molar-refractivity contribution in [3.05, 3.63) is 41.7 Å². The zero-order valence-electron chi connectivity index (χ0n) is 9.70. The van der Waals surface area contributed by atoms with Gasteiger partial charge in [-0.25, -0.2) is 0 Å². The van der Waals surface area contributed by atoms with Crippen LogP contribution in [-0.2, 0) is 11.0 Å². The largest absolute Gasteiger partial charge is 0.416 e. The second kappa shape index (κ2) is 4.89. The van der Waals surface area contributed by atoms with E-state index in [-0.39, 0.29) is 0 Å².